The van der Waals surface area contributed by atoms with Crippen LogP contribution in [0.3, 0.4) is 0 Å². The number of cyclic esters (lactones) is 4. The van der Waals surface area contributed by atoms with Crippen LogP contribution in [0.2, 0.25) is 0 Å². The fourth-order valence-electron chi connectivity index (χ4n) is 5.06. The highest BCUT2D eigenvalue weighted by molar-refractivity contribution is 9.11. The minimum atomic E-state index is -0.699. The van der Waals surface area contributed by atoms with Crippen LogP contribution in [0, 0.1) is 0 Å². The van der Waals surface area contributed by atoms with Gasteiger partial charge >= 0.3 is 23.9 Å². The van der Waals surface area contributed by atoms with Crippen LogP contribution in [-0.2, 0) is 9.47 Å². The van der Waals surface area contributed by atoms with Crippen molar-refractivity contribution in [2.75, 3.05) is 0 Å². The standard InChI is InChI=1S/C24H6Br2O6/c25-13-5-12-16-10(22(28)32-24(12)30)4-2-8-18-14(26)6-11-15-9(21(27)31-23(11)29)3-1-7(19(15)18)17(13)20(8)16/h1-6H. The van der Waals surface area contributed by atoms with Crippen LogP contribution in [0.5, 0.6) is 0 Å². The third-order valence-corrected chi connectivity index (χ3v) is 7.51. The summed E-state index contributed by atoms with van der Waals surface area (Å²) in [5.41, 5.74) is 1.24. The minimum absolute atomic E-state index is 0.302. The number of ether oxygens (including phenoxy) is 2. The van der Waals surface area contributed by atoms with Gasteiger partial charge < -0.3 is 9.47 Å². The molecule has 2 aliphatic rings. The molecule has 0 aromatic heterocycles. The van der Waals surface area contributed by atoms with E-state index >= 15 is 0 Å². The Labute approximate surface area is 194 Å². The fraction of sp³-hybridized carbons (Fsp3) is 0. The van der Waals surface area contributed by atoms with Crippen LogP contribution >= 0.6 is 31.9 Å². The summed E-state index contributed by atoms with van der Waals surface area (Å²) in [5, 5.41) is 5.63. The molecular formula is C24H6Br2O6. The van der Waals surface area contributed by atoms with Crippen molar-refractivity contribution in [3.63, 3.8) is 0 Å². The largest absolute Gasteiger partial charge is 0.386 e. The first-order valence-electron chi connectivity index (χ1n) is 9.49. The lowest BCUT2D eigenvalue weighted by molar-refractivity contribution is 0.0373. The monoisotopic (exact) mass is 548 g/mol. The topological polar surface area (TPSA) is 86.7 Å². The van der Waals surface area contributed by atoms with Crippen LogP contribution in [0.4, 0.5) is 0 Å². The summed E-state index contributed by atoms with van der Waals surface area (Å²) in [6.07, 6.45) is 0. The predicted molar refractivity (Wildman–Crippen MR) is 123 cm³/mol. The zero-order valence-electron chi connectivity index (χ0n) is 15.7. The Hall–Kier alpha value is -3.36. The Morgan fingerprint density at radius 2 is 0.844 bits per heavy atom. The van der Waals surface area contributed by atoms with E-state index in [1.807, 2.05) is 0 Å². The van der Waals surface area contributed by atoms with Gasteiger partial charge in [-0.1, -0.05) is 44.0 Å². The molecule has 0 saturated carbocycles. The van der Waals surface area contributed by atoms with Crippen molar-refractivity contribution >= 4 is 98.8 Å². The molecule has 32 heavy (non-hydrogen) atoms. The Kier molecular flexibility index (Phi) is 3.25. The van der Waals surface area contributed by atoms with Crippen molar-refractivity contribution in [2.45, 2.75) is 0 Å². The third kappa shape index (κ3) is 1.96. The average molecular weight is 550 g/mol. The fourth-order valence-corrected chi connectivity index (χ4v) is 6.34. The zero-order chi connectivity index (χ0) is 22.0. The van der Waals surface area contributed by atoms with Crippen molar-refractivity contribution in [3.8, 4) is 0 Å². The van der Waals surface area contributed by atoms with Gasteiger partial charge in [-0.25, -0.2) is 19.2 Å². The number of rotatable bonds is 0. The highest BCUT2D eigenvalue weighted by Gasteiger charge is 2.34. The van der Waals surface area contributed by atoms with Gasteiger partial charge in [0, 0.05) is 41.3 Å². The van der Waals surface area contributed by atoms with Gasteiger partial charge in [-0.2, -0.15) is 0 Å². The Bertz CT molecular complexity index is 1680. The van der Waals surface area contributed by atoms with E-state index < -0.39 is 23.9 Å². The average Bonchev–Trinajstić information content (AvgIpc) is 2.76. The Morgan fingerprint density at radius 1 is 0.469 bits per heavy atom. The van der Waals surface area contributed by atoms with Gasteiger partial charge in [-0.05, 0) is 35.0 Å². The number of esters is 4. The first-order valence-corrected chi connectivity index (χ1v) is 11.1. The van der Waals surface area contributed by atoms with E-state index in [1.54, 1.807) is 36.4 Å². The van der Waals surface area contributed by atoms with E-state index in [4.69, 9.17) is 9.47 Å². The van der Waals surface area contributed by atoms with E-state index in [2.05, 4.69) is 31.9 Å². The highest BCUT2D eigenvalue weighted by atomic mass is 79.9. The van der Waals surface area contributed by atoms with E-state index in [0.717, 1.165) is 32.3 Å². The molecule has 2 heterocycles. The lowest BCUT2D eigenvalue weighted by Crippen LogP contribution is -2.20. The molecule has 0 saturated heterocycles. The molecule has 5 aromatic carbocycles. The molecule has 0 N–H and O–H groups in total. The molecule has 0 unspecified atom stereocenters. The van der Waals surface area contributed by atoms with Gasteiger partial charge in [0.25, 0.3) is 0 Å². The van der Waals surface area contributed by atoms with Crippen LogP contribution in [-0.4, -0.2) is 23.9 Å². The number of carbonyl (C=O) groups excluding carboxylic acids is 4. The molecule has 0 spiro atoms. The SMILES string of the molecule is O=C1OC(=O)c2cc(Br)c3c4ccc5c6c(cc(Br)c(c7ccc1c2c73)c64)C(=O)OC5=O. The molecule has 0 amide bonds. The second kappa shape index (κ2) is 5.70. The van der Waals surface area contributed by atoms with Crippen molar-refractivity contribution < 1.29 is 28.7 Å². The van der Waals surface area contributed by atoms with E-state index in [-0.39, 0.29) is 0 Å². The first-order chi connectivity index (χ1) is 15.4. The number of carbonyl (C=O) groups is 4. The number of hydrogen-bond donors (Lipinski definition) is 0. The lowest BCUT2D eigenvalue weighted by Gasteiger charge is -2.24. The predicted octanol–water partition coefficient (Wildman–Crippen LogP) is 5.88. The zero-order valence-corrected chi connectivity index (χ0v) is 18.8. The van der Waals surface area contributed by atoms with Crippen molar-refractivity contribution in [2.24, 2.45) is 0 Å². The maximum atomic E-state index is 12.5. The molecule has 2 aliphatic heterocycles. The molecule has 0 aliphatic carbocycles. The third-order valence-electron chi connectivity index (χ3n) is 6.26. The van der Waals surface area contributed by atoms with Crippen LogP contribution in [0.1, 0.15) is 41.4 Å². The molecule has 0 atom stereocenters. The maximum absolute atomic E-state index is 12.5. The van der Waals surface area contributed by atoms with Gasteiger partial charge in [0.15, 0.2) is 0 Å². The molecule has 8 heteroatoms. The quantitative estimate of drug-likeness (QED) is 0.104. The van der Waals surface area contributed by atoms with Crippen molar-refractivity contribution in [1.29, 1.82) is 0 Å². The summed E-state index contributed by atoms with van der Waals surface area (Å²) in [7, 11) is 0. The number of benzene rings is 5. The Morgan fingerprint density at radius 3 is 1.25 bits per heavy atom. The first kappa shape index (κ1) is 18.2. The molecule has 0 fully saturated rings. The molecule has 0 bridgehead atoms. The van der Waals surface area contributed by atoms with Crippen LogP contribution in [0.25, 0.3) is 43.1 Å². The molecule has 5 aromatic rings. The molecule has 0 radical (unpaired) electrons. The maximum Gasteiger partial charge on any atom is 0.346 e. The van der Waals surface area contributed by atoms with E-state index in [9.17, 15) is 19.2 Å². The summed E-state index contributed by atoms with van der Waals surface area (Å²) in [5.74, 6) is -2.78. The van der Waals surface area contributed by atoms with Gasteiger partial charge in [0.2, 0.25) is 0 Å². The number of halogens is 2. The highest BCUT2D eigenvalue weighted by Crippen LogP contribution is 2.49. The number of hydrogen-bond acceptors (Lipinski definition) is 6. The van der Waals surface area contributed by atoms with Gasteiger partial charge in [0.1, 0.15) is 0 Å². The van der Waals surface area contributed by atoms with Crippen LogP contribution in [0.15, 0.2) is 45.3 Å². The van der Waals surface area contributed by atoms with Gasteiger partial charge in [-0.15, -0.1) is 0 Å². The van der Waals surface area contributed by atoms with E-state index in [1.165, 1.54) is 0 Å². The normalized spacial score (nSPS) is 15.3. The summed E-state index contributed by atoms with van der Waals surface area (Å²) >= 11 is 7.19. The smallest absolute Gasteiger partial charge is 0.346 e. The summed E-state index contributed by atoms with van der Waals surface area (Å²) in [4.78, 5) is 49.9. The Balaban J connectivity index is 1.88. The van der Waals surface area contributed by atoms with Gasteiger partial charge in [0.05, 0.1) is 22.3 Å². The van der Waals surface area contributed by atoms with Crippen molar-refractivity contribution in [3.05, 3.63) is 67.6 Å². The molecular weight excluding hydrogens is 544 g/mol. The second-order valence-corrected chi connectivity index (χ2v) is 9.45. The molecule has 152 valence electrons. The van der Waals surface area contributed by atoms with Crippen molar-refractivity contribution in [1.82, 2.24) is 0 Å². The number of fused-ring (bicyclic) bond motifs is 2. The second-order valence-electron chi connectivity index (χ2n) is 7.74. The molecule has 7 rings (SSSR count). The minimum Gasteiger partial charge on any atom is -0.386 e. The van der Waals surface area contributed by atoms with Gasteiger partial charge in [-0.3, -0.25) is 0 Å². The lowest BCUT2D eigenvalue weighted by atomic mass is 9.83. The van der Waals surface area contributed by atoms with E-state index in [0.29, 0.717) is 42.0 Å². The summed E-state index contributed by atoms with van der Waals surface area (Å²) in [6, 6.07) is 10.2. The molecule has 6 nitrogen and oxygen atoms in total. The summed E-state index contributed by atoms with van der Waals surface area (Å²) < 4.78 is 11.1. The van der Waals surface area contributed by atoms with Crippen LogP contribution < -0.4 is 0 Å². The summed E-state index contributed by atoms with van der Waals surface area (Å²) in [6.45, 7) is 0.